The number of fused-ring (bicyclic) bond motifs is 2. The fourth-order valence-corrected chi connectivity index (χ4v) is 3.97. The number of hydrogen-bond donors (Lipinski definition) is 2. The summed E-state index contributed by atoms with van der Waals surface area (Å²) in [6.07, 6.45) is 0. The molecule has 2 aromatic rings. The number of nitrogens with one attached hydrogen (secondary N) is 1. The summed E-state index contributed by atoms with van der Waals surface area (Å²) in [6.45, 7) is 0. The highest BCUT2D eigenvalue weighted by atomic mass is 79.9. The van der Waals surface area contributed by atoms with Crippen LogP contribution in [0.25, 0.3) is 0 Å². The number of phenolic OH excluding ortho intramolecular Hbond substituents is 1. The third-order valence-corrected chi connectivity index (χ3v) is 5.09. The zero-order valence-corrected chi connectivity index (χ0v) is 11.0. The number of benzene rings is 2. The zero-order valence-electron chi connectivity index (χ0n) is 8.61. The molecule has 5 heteroatoms. The second-order valence-corrected chi connectivity index (χ2v) is 5.90. The van der Waals surface area contributed by atoms with E-state index < -0.39 is 10.8 Å². The molecule has 0 saturated carbocycles. The molecule has 0 bridgehead atoms. The van der Waals surface area contributed by atoms with E-state index in [4.69, 9.17) is 0 Å². The van der Waals surface area contributed by atoms with Crippen molar-refractivity contribution in [1.82, 2.24) is 0 Å². The third-order valence-electron chi connectivity index (χ3n) is 2.62. The Morgan fingerprint density at radius 3 is 2.76 bits per heavy atom. The van der Waals surface area contributed by atoms with E-state index in [1.54, 1.807) is 18.2 Å². The number of rotatable bonds is 0. The average Bonchev–Trinajstić information content (AvgIpc) is 2.31. The van der Waals surface area contributed by atoms with Gasteiger partial charge in [0.2, 0.25) is 0 Å². The Hall–Kier alpha value is -1.33. The Labute approximate surface area is 109 Å². The third kappa shape index (κ3) is 1.57. The van der Waals surface area contributed by atoms with Crippen molar-refractivity contribution in [3.05, 3.63) is 40.9 Å². The van der Waals surface area contributed by atoms with Crippen LogP contribution in [0.1, 0.15) is 0 Å². The van der Waals surface area contributed by atoms with Crippen LogP contribution >= 0.6 is 15.9 Å². The van der Waals surface area contributed by atoms with Crippen molar-refractivity contribution in [2.75, 3.05) is 5.32 Å². The summed E-state index contributed by atoms with van der Waals surface area (Å²) in [7, 11) is -1.28. The molecule has 0 aromatic heterocycles. The molecule has 0 spiro atoms. The van der Waals surface area contributed by atoms with Crippen molar-refractivity contribution >= 4 is 38.1 Å². The summed E-state index contributed by atoms with van der Waals surface area (Å²) in [6, 6.07) is 10.6. The number of halogens is 1. The highest BCUT2D eigenvalue weighted by molar-refractivity contribution is 9.10. The molecule has 0 fully saturated rings. The van der Waals surface area contributed by atoms with E-state index in [2.05, 4.69) is 21.2 Å². The van der Waals surface area contributed by atoms with Gasteiger partial charge < -0.3 is 10.4 Å². The second kappa shape index (κ2) is 3.85. The normalized spacial score (nSPS) is 16.9. The van der Waals surface area contributed by atoms with Crippen molar-refractivity contribution in [3.8, 4) is 5.75 Å². The van der Waals surface area contributed by atoms with Crippen LogP contribution in [0, 0.1) is 0 Å². The Bertz CT molecular complexity index is 642. The van der Waals surface area contributed by atoms with E-state index in [9.17, 15) is 9.32 Å². The lowest BCUT2D eigenvalue weighted by molar-refractivity contribution is 0.476. The van der Waals surface area contributed by atoms with Crippen LogP contribution in [-0.2, 0) is 10.8 Å². The van der Waals surface area contributed by atoms with Gasteiger partial charge in [-0.2, -0.15) is 0 Å². The van der Waals surface area contributed by atoms with Gasteiger partial charge in [-0.3, -0.25) is 0 Å². The van der Waals surface area contributed by atoms with Gasteiger partial charge in [0.05, 0.1) is 32.0 Å². The smallest absolute Gasteiger partial charge is 0.140 e. The Morgan fingerprint density at radius 1 is 1.18 bits per heavy atom. The van der Waals surface area contributed by atoms with Crippen LogP contribution in [0.3, 0.4) is 0 Å². The first-order valence-corrected chi connectivity index (χ1v) is 6.92. The van der Waals surface area contributed by atoms with Gasteiger partial charge in [-0.1, -0.05) is 12.1 Å². The second-order valence-electron chi connectivity index (χ2n) is 3.66. The first kappa shape index (κ1) is 10.8. The van der Waals surface area contributed by atoms with E-state index in [0.717, 1.165) is 10.2 Å². The van der Waals surface area contributed by atoms with E-state index in [-0.39, 0.29) is 5.75 Å². The molecule has 3 rings (SSSR count). The minimum atomic E-state index is -1.28. The topological polar surface area (TPSA) is 49.3 Å². The van der Waals surface area contributed by atoms with E-state index in [1.807, 2.05) is 18.2 Å². The standard InChI is InChI=1S/C12H8BrNO2S/c13-7-3-1-4-8-12(7)17(16)10-6-2-5-9(15)11(10)14-8/h1-6,14-15H. The maximum Gasteiger partial charge on any atom is 0.140 e. The lowest BCUT2D eigenvalue weighted by Gasteiger charge is -2.22. The first-order valence-electron chi connectivity index (χ1n) is 4.98. The van der Waals surface area contributed by atoms with Gasteiger partial charge in [-0.15, -0.1) is 0 Å². The average molecular weight is 310 g/mol. The molecule has 1 atom stereocenters. The summed E-state index contributed by atoms with van der Waals surface area (Å²) in [4.78, 5) is 1.31. The van der Waals surface area contributed by atoms with Crippen molar-refractivity contribution in [2.45, 2.75) is 9.79 Å². The van der Waals surface area contributed by atoms with Gasteiger partial charge in [0.15, 0.2) is 0 Å². The van der Waals surface area contributed by atoms with Gasteiger partial charge in [0.25, 0.3) is 0 Å². The fraction of sp³-hybridized carbons (Fsp3) is 0. The highest BCUT2D eigenvalue weighted by Crippen LogP contribution is 2.43. The van der Waals surface area contributed by atoms with Crippen LogP contribution in [0.15, 0.2) is 50.7 Å². The number of anilines is 2. The summed E-state index contributed by atoms with van der Waals surface area (Å²) in [5.74, 6) is 0.112. The van der Waals surface area contributed by atoms with Crippen LogP contribution in [0.4, 0.5) is 11.4 Å². The molecule has 2 N–H and O–H groups in total. The molecule has 86 valence electrons. The molecule has 1 aliphatic rings. The summed E-state index contributed by atoms with van der Waals surface area (Å²) in [5.41, 5.74) is 1.28. The Kier molecular flexibility index (Phi) is 2.45. The first-order chi connectivity index (χ1) is 8.18. The maximum absolute atomic E-state index is 12.4. The predicted molar refractivity (Wildman–Crippen MR) is 70.2 cm³/mol. The lowest BCUT2D eigenvalue weighted by atomic mass is 10.2. The van der Waals surface area contributed by atoms with Crippen molar-refractivity contribution in [2.24, 2.45) is 0 Å². The van der Waals surface area contributed by atoms with Crippen LogP contribution in [0.2, 0.25) is 0 Å². The summed E-state index contributed by atoms with van der Waals surface area (Å²) >= 11 is 3.40. The van der Waals surface area contributed by atoms with Crippen LogP contribution in [-0.4, -0.2) is 9.32 Å². The SMILES string of the molecule is O=S1c2cccc(O)c2Nc2cccc(Br)c21. The summed E-state index contributed by atoms with van der Waals surface area (Å²) < 4.78 is 13.2. The fourth-order valence-electron chi connectivity index (χ4n) is 1.84. The molecule has 0 saturated heterocycles. The molecule has 0 radical (unpaired) electrons. The number of hydrogen-bond acceptors (Lipinski definition) is 3. The monoisotopic (exact) mass is 309 g/mol. The summed E-state index contributed by atoms with van der Waals surface area (Å²) in [5, 5.41) is 12.9. The minimum absolute atomic E-state index is 0.112. The van der Waals surface area contributed by atoms with Crippen molar-refractivity contribution in [1.29, 1.82) is 0 Å². The maximum atomic E-state index is 12.4. The number of aromatic hydroxyl groups is 1. The lowest BCUT2D eigenvalue weighted by Crippen LogP contribution is -2.09. The molecule has 1 heterocycles. The quantitative estimate of drug-likeness (QED) is 0.626. The van der Waals surface area contributed by atoms with Crippen LogP contribution < -0.4 is 5.32 Å². The number of para-hydroxylation sites is 1. The molecule has 0 aliphatic carbocycles. The largest absolute Gasteiger partial charge is 0.506 e. The zero-order chi connectivity index (χ0) is 12.0. The van der Waals surface area contributed by atoms with Gasteiger partial charge in [0.1, 0.15) is 5.75 Å². The van der Waals surface area contributed by atoms with E-state index in [0.29, 0.717) is 15.5 Å². The minimum Gasteiger partial charge on any atom is -0.506 e. The van der Waals surface area contributed by atoms with Crippen molar-refractivity contribution in [3.63, 3.8) is 0 Å². The molecule has 17 heavy (non-hydrogen) atoms. The Morgan fingerprint density at radius 2 is 1.94 bits per heavy atom. The molecule has 0 amide bonds. The molecule has 2 aromatic carbocycles. The van der Waals surface area contributed by atoms with Gasteiger partial charge in [-0.05, 0) is 40.2 Å². The van der Waals surface area contributed by atoms with E-state index in [1.165, 1.54) is 0 Å². The van der Waals surface area contributed by atoms with E-state index >= 15 is 0 Å². The molecular formula is C12H8BrNO2S. The number of phenols is 1. The van der Waals surface area contributed by atoms with Gasteiger partial charge in [0, 0.05) is 4.47 Å². The predicted octanol–water partition coefficient (Wildman–Crippen LogP) is 3.38. The Balaban J connectivity index is 2.29. The van der Waals surface area contributed by atoms with Crippen LogP contribution in [0.5, 0.6) is 5.75 Å². The molecule has 1 unspecified atom stereocenters. The molecule has 3 nitrogen and oxygen atoms in total. The van der Waals surface area contributed by atoms with Crippen molar-refractivity contribution < 1.29 is 9.32 Å². The van der Waals surface area contributed by atoms with Gasteiger partial charge in [-0.25, -0.2) is 4.21 Å². The van der Waals surface area contributed by atoms with Gasteiger partial charge >= 0.3 is 0 Å². The molecule has 1 aliphatic heterocycles. The molecular weight excluding hydrogens is 302 g/mol. The highest BCUT2D eigenvalue weighted by Gasteiger charge is 2.25.